The Morgan fingerprint density at radius 2 is 2.19 bits per heavy atom. The lowest BCUT2D eigenvalue weighted by Crippen LogP contribution is -2.40. The lowest BCUT2D eigenvalue weighted by atomic mass is 10.1. The molecule has 6 nitrogen and oxygen atoms in total. The van der Waals surface area contributed by atoms with Crippen LogP contribution in [0.3, 0.4) is 0 Å². The molecule has 0 fully saturated rings. The van der Waals surface area contributed by atoms with E-state index < -0.39 is 10.0 Å². The van der Waals surface area contributed by atoms with Crippen molar-refractivity contribution in [2.75, 3.05) is 6.54 Å². The highest BCUT2D eigenvalue weighted by atomic mass is 35.5. The Morgan fingerprint density at radius 1 is 1.48 bits per heavy atom. The van der Waals surface area contributed by atoms with E-state index in [9.17, 15) is 8.42 Å². The van der Waals surface area contributed by atoms with E-state index in [2.05, 4.69) is 14.7 Å². The summed E-state index contributed by atoms with van der Waals surface area (Å²) in [5.74, 6) is 0.342. The summed E-state index contributed by atoms with van der Waals surface area (Å²) in [7, 11) is -3.71. The monoisotopic (exact) mass is 330 g/mol. The van der Waals surface area contributed by atoms with Gasteiger partial charge in [-0.25, -0.2) is 18.1 Å². The van der Waals surface area contributed by atoms with Gasteiger partial charge in [-0.2, -0.15) is 0 Å². The second-order valence-corrected chi connectivity index (χ2v) is 7.44. The number of sulfonamides is 1. The molecule has 0 aromatic carbocycles. The Bertz CT molecular complexity index is 727. The van der Waals surface area contributed by atoms with E-state index in [1.54, 1.807) is 6.07 Å². The van der Waals surface area contributed by atoms with Crippen molar-refractivity contribution in [3.8, 4) is 0 Å². The molecule has 0 spiro atoms. The van der Waals surface area contributed by atoms with E-state index in [1.807, 2.05) is 13.8 Å². The molecule has 2 aromatic heterocycles. The van der Waals surface area contributed by atoms with Gasteiger partial charge in [0.15, 0.2) is 0 Å². The fourth-order valence-corrected chi connectivity index (χ4v) is 4.00. The number of nitrogens with one attached hydrogen (secondary N) is 2. The number of halogens is 1. The maximum Gasteiger partial charge on any atom is 0.243 e. The van der Waals surface area contributed by atoms with Crippen LogP contribution in [0, 0.1) is 5.92 Å². The first-order valence-corrected chi connectivity index (χ1v) is 8.55. The van der Waals surface area contributed by atoms with Crippen LogP contribution in [0.1, 0.15) is 20.3 Å². The third-order valence-corrected chi connectivity index (χ3v) is 5.00. The Hall–Kier alpha value is -1.15. The molecular weight excluding hydrogens is 312 g/mol. The van der Waals surface area contributed by atoms with Crippen molar-refractivity contribution >= 4 is 32.7 Å². The van der Waals surface area contributed by atoms with Crippen LogP contribution in [0.25, 0.3) is 11.0 Å². The van der Waals surface area contributed by atoms with Gasteiger partial charge in [-0.1, -0.05) is 25.4 Å². The van der Waals surface area contributed by atoms with E-state index in [0.717, 1.165) is 0 Å². The molecule has 116 valence electrons. The number of rotatable bonds is 6. The van der Waals surface area contributed by atoms with Gasteiger partial charge in [-0.3, -0.25) is 0 Å². The van der Waals surface area contributed by atoms with Crippen molar-refractivity contribution in [2.45, 2.75) is 31.2 Å². The van der Waals surface area contributed by atoms with Crippen LogP contribution in [0.15, 0.2) is 23.4 Å². The highest BCUT2D eigenvalue weighted by molar-refractivity contribution is 7.89. The van der Waals surface area contributed by atoms with Crippen molar-refractivity contribution in [3.63, 3.8) is 0 Å². The minimum Gasteiger partial charge on any atom is -0.345 e. The maximum absolute atomic E-state index is 12.5. The van der Waals surface area contributed by atoms with Gasteiger partial charge in [-0.15, -0.1) is 0 Å². The van der Waals surface area contributed by atoms with Gasteiger partial charge in [0.25, 0.3) is 0 Å². The molecule has 4 N–H and O–H groups in total. The van der Waals surface area contributed by atoms with Gasteiger partial charge >= 0.3 is 0 Å². The third-order valence-electron chi connectivity index (χ3n) is 3.14. The van der Waals surface area contributed by atoms with E-state index >= 15 is 0 Å². The zero-order valence-corrected chi connectivity index (χ0v) is 13.5. The molecule has 0 saturated heterocycles. The highest BCUT2D eigenvalue weighted by Crippen LogP contribution is 2.28. The molecule has 0 radical (unpaired) electrons. The van der Waals surface area contributed by atoms with E-state index in [1.165, 1.54) is 12.4 Å². The number of nitrogens with two attached hydrogens (primary N) is 1. The van der Waals surface area contributed by atoms with Gasteiger partial charge in [0.05, 0.1) is 10.4 Å². The first-order chi connectivity index (χ1) is 9.85. The molecule has 1 unspecified atom stereocenters. The Labute approximate surface area is 129 Å². The zero-order valence-electron chi connectivity index (χ0n) is 11.9. The Kier molecular flexibility index (Phi) is 4.88. The number of H-pyrrole nitrogens is 1. The standard InChI is InChI=1S/C13H19ClN4O2S/c1-8(2)5-9(6-15)18-21(19,20)11-7-17-13-12(11)10(14)3-4-16-13/h3-4,7-9,18H,5-6,15H2,1-2H3,(H,16,17). The topological polar surface area (TPSA) is 101 Å². The molecule has 2 aromatic rings. The van der Waals surface area contributed by atoms with Gasteiger partial charge in [-0.05, 0) is 18.4 Å². The van der Waals surface area contributed by atoms with Crippen LogP contribution in [-0.4, -0.2) is 31.0 Å². The van der Waals surface area contributed by atoms with E-state index in [4.69, 9.17) is 17.3 Å². The molecule has 21 heavy (non-hydrogen) atoms. The molecule has 8 heteroatoms. The van der Waals surface area contributed by atoms with Gasteiger partial charge < -0.3 is 10.7 Å². The van der Waals surface area contributed by atoms with Crippen molar-refractivity contribution in [3.05, 3.63) is 23.5 Å². The van der Waals surface area contributed by atoms with E-state index in [0.29, 0.717) is 28.4 Å². The second-order valence-electron chi connectivity index (χ2n) is 5.35. The molecule has 2 heterocycles. The summed E-state index contributed by atoms with van der Waals surface area (Å²) in [4.78, 5) is 6.98. The number of aromatic amines is 1. The minimum atomic E-state index is -3.71. The van der Waals surface area contributed by atoms with Crippen molar-refractivity contribution < 1.29 is 8.42 Å². The highest BCUT2D eigenvalue weighted by Gasteiger charge is 2.24. The summed E-state index contributed by atoms with van der Waals surface area (Å²) in [5, 5.41) is 0.738. The van der Waals surface area contributed by atoms with Gasteiger partial charge in [0, 0.05) is 25.0 Å². The molecule has 1 atom stereocenters. The average Bonchev–Trinajstić information content (AvgIpc) is 2.83. The number of hydrogen-bond acceptors (Lipinski definition) is 4. The van der Waals surface area contributed by atoms with Crippen molar-refractivity contribution in [2.24, 2.45) is 11.7 Å². The first kappa shape index (κ1) is 16.2. The maximum atomic E-state index is 12.5. The lowest BCUT2D eigenvalue weighted by molar-refractivity contribution is 0.465. The number of fused-ring (bicyclic) bond motifs is 1. The SMILES string of the molecule is CC(C)CC(CN)NS(=O)(=O)c1c[nH]c2nccc(Cl)c12. The van der Waals surface area contributed by atoms with Crippen LogP contribution in [0.2, 0.25) is 5.02 Å². The normalized spacial score (nSPS) is 14.0. The predicted octanol–water partition coefficient (Wildman–Crippen LogP) is 1.87. The van der Waals surface area contributed by atoms with Crippen LogP contribution >= 0.6 is 11.6 Å². The van der Waals surface area contributed by atoms with Crippen molar-refractivity contribution in [1.29, 1.82) is 0 Å². The summed E-state index contributed by atoms with van der Waals surface area (Å²) in [6, 6.07) is 1.25. The largest absolute Gasteiger partial charge is 0.345 e. The van der Waals surface area contributed by atoms with Crippen LogP contribution in [0.5, 0.6) is 0 Å². The van der Waals surface area contributed by atoms with Crippen LogP contribution in [-0.2, 0) is 10.0 Å². The summed E-state index contributed by atoms with van der Waals surface area (Å²) >= 11 is 6.09. The molecule has 0 aliphatic rings. The van der Waals surface area contributed by atoms with E-state index in [-0.39, 0.29) is 17.5 Å². The Morgan fingerprint density at radius 3 is 2.81 bits per heavy atom. The number of aromatic nitrogens is 2. The number of hydrogen-bond donors (Lipinski definition) is 3. The third kappa shape index (κ3) is 3.55. The summed E-state index contributed by atoms with van der Waals surface area (Å²) in [6.07, 6.45) is 3.59. The Balaban J connectivity index is 2.38. The lowest BCUT2D eigenvalue weighted by Gasteiger charge is -2.18. The molecule has 0 saturated carbocycles. The fraction of sp³-hybridized carbons (Fsp3) is 0.462. The number of nitrogens with zero attached hydrogens (tertiary/aromatic N) is 1. The van der Waals surface area contributed by atoms with Crippen LogP contribution in [0.4, 0.5) is 0 Å². The molecule has 0 aliphatic heterocycles. The summed E-state index contributed by atoms with van der Waals surface area (Å²) in [6.45, 7) is 4.28. The molecule has 0 amide bonds. The molecule has 2 rings (SSSR count). The number of pyridine rings is 1. The molecular formula is C13H19ClN4O2S. The van der Waals surface area contributed by atoms with Crippen molar-refractivity contribution in [1.82, 2.24) is 14.7 Å². The average molecular weight is 331 g/mol. The smallest absolute Gasteiger partial charge is 0.243 e. The summed E-state index contributed by atoms with van der Waals surface area (Å²) in [5.41, 5.74) is 6.09. The quantitative estimate of drug-likeness (QED) is 0.752. The molecule has 0 bridgehead atoms. The predicted molar refractivity (Wildman–Crippen MR) is 83.7 cm³/mol. The van der Waals surface area contributed by atoms with Gasteiger partial charge in [0.1, 0.15) is 10.5 Å². The minimum absolute atomic E-state index is 0.0952. The summed E-state index contributed by atoms with van der Waals surface area (Å²) < 4.78 is 27.7. The molecule has 0 aliphatic carbocycles. The fourth-order valence-electron chi connectivity index (χ4n) is 2.24. The zero-order chi connectivity index (χ0) is 15.6. The first-order valence-electron chi connectivity index (χ1n) is 6.69. The second kappa shape index (κ2) is 6.31. The van der Waals surface area contributed by atoms with Gasteiger partial charge in [0.2, 0.25) is 10.0 Å². The van der Waals surface area contributed by atoms with Crippen LogP contribution < -0.4 is 10.5 Å².